The van der Waals surface area contributed by atoms with Crippen molar-refractivity contribution in [1.82, 2.24) is 10.3 Å². The quantitative estimate of drug-likeness (QED) is 0.618. The highest BCUT2D eigenvalue weighted by atomic mass is 14.9. The van der Waals surface area contributed by atoms with E-state index in [9.17, 15) is 0 Å². The number of piperidine rings is 1. The van der Waals surface area contributed by atoms with Crippen molar-refractivity contribution in [2.75, 3.05) is 6.54 Å². The molecule has 0 bridgehead atoms. The summed E-state index contributed by atoms with van der Waals surface area (Å²) in [4.78, 5) is 4.31. The molecule has 1 radical (unpaired) electrons. The van der Waals surface area contributed by atoms with Gasteiger partial charge in [-0.25, -0.2) is 5.32 Å². The molecule has 2 heterocycles. The van der Waals surface area contributed by atoms with Crippen LogP contribution in [0.5, 0.6) is 0 Å². The maximum atomic E-state index is 4.54. The van der Waals surface area contributed by atoms with E-state index in [4.69, 9.17) is 0 Å². The van der Waals surface area contributed by atoms with Gasteiger partial charge in [0.05, 0.1) is 11.7 Å². The highest BCUT2D eigenvalue weighted by Gasteiger charge is 2.15. The summed E-state index contributed by atoms with van der Waals surface area (Å²) in [6.07, 6.45) is 5.57. The average molecular weight is 161 g/mol. The van der Waals surface area contributed by atoms with Gasteiger partial charge in [-0.2, -0.15) is 0 Å². The molecule has 1 aliphatic heterocycles. The minimum absolute atomic E-state index is 0.375. The van der Waals surface area contributed by atoms with Gasteiger partial charge < -0.3 is 0 Å². The number of hydrogen-bond donors (Lipinski definition) is 0. The van der Waals surface area contributed by atoms with E-state index in [0.29, 0.717) is 6.04 Å². The normalized spacial score (nSPS) is 23.8. The summed E-state index contributed by atoms with van der Waals surface area (Å²) >= 11 is 0. The molecule has 1 fully saturated rings. The minimum atomic E-state index is 0.375. The smallest absolute Gasteiger partial charge is 0.0667 e. The first kappa shape index (κ1) is 7.74. The molecular weight excluding hydrogens is 148 g/mol. The average Bonchev–Trinajstić information content (AvgIpc) is 2.21. The largest absolute Gasteiger partial charge is 0.260 e. The Morgan fingerprint density at radius 1 is 1.25 bits per heavy atom. The number of hydrogen-bond acceptors (Lipinski definition) is 1. The van der Waals surface area contributed by atoms with E-state index in [1.54, 1.807) is 0 Å². The van der Waals surface area contributed by atoms with E-state index >= 15 is 0 Å². The first-order valence-corrected chi connectivity index (χ1v) is 4.54. The number of rotatable bonds is 1. The molecular formula is C10H13N2. The van der Waals surface area contributed by atoms with E-state index in [1.807, 2.05) is 18.3 Å². The molecule has 1 aromatic rings. The molecule has 0 amide bonds. The molecule has 12 heavy (non-hydrogen) atoms. The predicted octanol–water partition coefficient (Wildman–Crippen LogP) is 1.91. The van der Waals surface area contributed by atoms with Crippen LogP contribution in [0.25, 0.3) is 0 Å². The first-order chi connectivity index (χ1) is 5.97. The van der Waals surface area contributed by atoms with E-state index in [-0.39, 0.29) is 0 Å². The van der Waals surface area contributed by atoms with Crippen LogP contribution in [-0.4, -0.2) is 11.5 Å². The van der Waals surface area contributed by atoms with Crippen LogP contribution in [0.15, 0.2) is 24.4 Å². The van der Waals surface area contributed by atoms with E-state index < -0.39 is 0 Å². The molecule has 1 aliphatic rings. The molecule has 1 aromatic heterocycles. The molecule has 2 nitrogen and oxygen atoms in total. The van der Waals surface area contributed by atoms with Gasteiger partial charge in [0.15, 0.2) is 0 Å². The van der Waals surface area contributed by atoms with Crippen LogP contribution < -0.4 is 5.32 Å². The van der Waals surface area contributed by atoms with E-state index in [0.717, 1.165) is 12.2 Å². The van der Waals surface area contributed by atoms with Gasteiger partial charge in [0, 0.05) is 12.7 Å². The molecule has 2 rings (SSSR count). The molecule has 0 aromatic carbocycles. The lowest BCUT2D eigenvalue weighted by atomic mass is 10.0. The van der Waals surface area contributed by atoms with Crippen LogP contribution in [0.4, 0.5) is 0 Å². The Kier molecular flexibility index (Phi) is 2.37. The van der Waals surface area contributed by atoms with Crippen molar-refractivity contribution in [1.29, 1.82) is 0 Å². The summed E-state index contributed by atoms with van der Waals surface area (Å²) in [5.41, 5.74) is 1.14. The molecule has 0 aliphatic carbocycles. The fraction of sp³-hybridized carbons (Fsp3) is 0.500. The second-order valence-corrected chi connectivity index (χ2v) is 3.17. The fourth-order valence-corrected chi connectivity index (χ4v) is 1.60. The van der Waals surface area contributed by atoms with Crippen molar-refractivity contribution in [3.63, 3.8) is 0 Å². The summed E-state index contributed by atoms with van der Waals surface area (Å²) in [6, 6.07) is 6.43. The summed E-state index contributed by atoms with van der Waals surface area (Å²) in [7, 11) is 0. The van der Waals surface area contributed by atoms with Crippen LogP contribution in [0.1, 0.15) is 31.0 Å². The molecule has 0 N–H and O–H groups in total. The van der Waals surface area contributed by atoms with Crippen molar-refractivity contribution in [3.8, 4) is 0 Å². The zero-order chi connectivity index (χ0) is 8.23. The molecule has 1 unspecified atom stereocenters. The van der Waals surface area contributed by atoms with Crippen molar-refractivity contribution >= 4 is 0 Å². The van der Waals surface area contributed by atoms with Crippen LogP contribution in [0.3, 0.4) is 0 Å². The fourth-order valence-electron chi connectivity index (χ4n) is 1.60. The van der Waals surface area contributed by atoms with E-state index in [1.165, 1.54) is 19.3 Å². The Balaban J connectivity index is 2.08. The molecule has 1 saturated heterocycles. The van der Waals surface area contributed by atoms with Gasteiger partial charge in [-0.05, 0) is 25.0 Å². The zero-order valence-electron chi connectivity index (χ0n) is 7.11. The van der Waals surface area contributed by atoms with Gasteiger partial charge >= 0.3 is 0 Å². The third-order valence-electron chi connectivity index (χ3n) is 2.26. The Hall–Kier alpha value is -0.890. The van der Waals surface area contributed by atoms with Crippen molar-refractivity contribution in [3.05, 3.63) is 30.1 Å². The maximum Gasteiger partial charge on any atom is 0.0667 e. The zero-order valence-corrected chi connectivity index (χ0v) is 7.11. The van der Waals surface area contributed by atoms with E-state index in [2.05, 4.69) is 16.4 Å². The Morgan fingerprint density at radius 2 is 2.25 bits per heavy atom. The second kappa shape index (κ2) is 3.68. The van der Waals surface area contributed by atoms with Gasteiger partial charge in [0.2, 0.25) is 0 Å². The summed E-state index contributed by atoms with van der Waals surface area (Å²) in [5, 5.41) is 4.54. The summed E-state index contributed by atoms with van der Waals surface area (Å²) in [6.45, 7) is 1.02. The first-order valence-electron chi connectivity index (χ1n) is 4.54. The highest BCUT2D eigenvalue weighted by molar-refractivity contribution is 5.08. The number of pyridine rings is 1. The van der Waals surface area contributed by atoms with Gasteiger partial charge in [-0.15, -0.1) is 0 Å². The summed E-state index contributed by atoms with van der Waals surface area (Å²) in [5.74, 6) is 0. The van der Waals surface area contributed by atoms with Crippen LogP contribution >= 0.6 is 0 Å². The predicted molar refractivity (Wildman–Crippen MR) is 47.8 cm³/mol. The van der Waals surface area contributed by atoms with Gasteiger partial charge in [-0.3, -0.25) is 4.98 Å². The second-order valence-electron chi connectivity index (χ2n) is 3.17. The Bertz CT molecular complexity index is 227. The van der Waals surface area contributed by atoms with Gasteiger partial charge in [0.25, 0.3) is 0 Å². The highest BCUT2D eigenvalue weighted by Crippen LogP contribution is 2.21. The van der Waals surface area contributed by atoms with Gasteiger partial charge in [-0.1, -0.05) is 12.5 Å². The molecule has 0 saturated carbocycles. The summed E-state index contributed by atoms with van der Waals surface area (Å²) < 4.78 is 0. The SMILES string of the molecule is c1ccc(C2CCCC[N]2)nc1. The topological polar surface area (TPSA) is 27.0 Å². The molecule has 1 atom stereocenters. The lowest BCUT2D eigenvalue weighted by Crippen LogP contribution is -2.20. The standard InChI is InChI=1S/C10H13N2/c1-3-7-11-9(5-1)10-6-2-4-8-12-10/h1,3,5,7,10H,2,4,6,8H2. The van der Waals surface area contributed by atoms with Crippen LogP contribution in [0, 0.1) is 0 Å². The Morgan fingerprint density at radius 3 is 2.92 bits per heavy atom. The monoisotopic (exact) mass is 161 g/mol. The van der Waals surface area contributed by atoms with Gasteiger partial charge in [0.1, 0.15) is 0 Å². The number of nitrogens with zero attached hydrogens (tertiary/aromatic N) is 2. The maximum absolute atomic E-state index is 4.54. The number of aromatic nitrogens is 1. The van der Waals surface area contributed by atoms with Crippen molar-refractivity contribution in [2.24, 2.45) is 0 Å². The third-order valence-corrected chi connectivity index (χ3v) is 2.26. The third kappa shape index (κ3) is 1.64. The molecule has 2 heteroatoms. The van der Waals surface area contributed by atoms with Crippen molar-refractivity contribution < 1.29 is 0 Å². The molecule has 63 valence electrons. The Labute approximate surface area is 73.0 Å². The minimum Gasteiger partial charge on any atom is -0.260 e. The van der Waals surface area contributed by atoms with Crippen LogP contribution in [0.2, 0.25) is 0 Å². The molecule has 0 spiro atoms. The lowest BCUT2D eigenvalue weighted by molar-refractivity contribution is 0.397. The lowest BCUT2D eigenvalue weighted by Gasteiger charge is -2.20. The van der Waals surface area contributed by atoms with Crippen LogP contribution in [-0.2, 0) is 0 Å². The van der Waals surface area contributed by atoms with Crippen molar-refractivity contribution in [2.45, 2.75) is 25.3 Å².